The summed E-state index contributed by atoms with van der Waals surface area (Å²) in [6.45, 7) is 3.05. The molecule has 2 amide bonds. The summed E-state index contributed by atoms with van der Waals surface area (Å²) >= 11 is 12.1. The zero-order valence-corrected chi connectivity index (χ0v) is 15.5. The van der Waals surface area contributed by atoms with E-state index in [1.165, 1.54) is 0 Å². The minimum Gasteiger partial charge on any atom is -0.338 e. The van der Waals surface area contributed by atoms with Gasteiger partial charge in [-0.15, -0.1) is 12.4 Å². The first-order valence-electron chi connectivity index (χ1n) is 7.83. The first kappa shape index (κ1) is 19.3. The molecule has 0 aliphatic carbocycles. The van der Waals surface area contributed by atoms with E-state index >= 15 is 0 Å². The first-order valence-corrected chi connectivity index (χ1v) is 8.59. The molecule has 1 atom stereocenters. The van der Waals surface area contributed by atoms with Gasteiger partial charge in [0, 0.05) is 26.2 Å². The Labute approximate surface area is 157 Å². The van der Waals surface area contributed by atoms with Crippen molar-refractivity contribution in [1.29, 1.82) is 0 Å². The molecule has 5 nitrogen and oxygen atoms in total. The van der Waals surface area contributed by atoms with Crippen molar-refractivity contribution in [1.82, 2.24) is 15.1 Å². The van der Waals surface area contributed by atoms with Crippen LogP contribution in [0, 0.1) is 0 Å². The van der Waals surface area contributed by atoms with Gasteiger partial charge in [-0.2, -0.15) is 0 Å². The van der Waals surface area contributed by atoms with Crippen LogP contribution < -0.4 is 5.32 Å². The second-order valence-electron chi connectivity index (χ2n) is 5.87. The van der Waals surface area contributed by atoms with Gasteiger partial charge in [-0.05, 0) is 31.5 Å². The molecular weight excluding hydrogens is 373 g/mol. The van der Waals surface area contributed by atoms with Gasteiger partial charge in [0.25, 0.3) is 5.91 Å². The fourth-order valence-electron chi connectivity index (χ4n) is 3.08. The molecule has 8 heteroatoms. The van der Waals surface area contributed by atoms with Crippen molar-refractivity contribution in [2.75, 3.05) is 32.7 Å². The third-order valence-electron chi connectivity index (χ3n) is 4.42. The third kappa shape index (κ3) is 3.97. The van der Waals surface area contributed by atoms with Crippen LogP contribution in [0.15, 0.2) is 18.2 Å². The summed E-state index contributed by atoms with van der Waals surface area (Å²) in [4.78, 5) is 28.5. The molecule has 0 saturated carbocycles. The fourth-order valence-corrected chi connectivity index (χ4v) is 3.47. The highest BCUT2D eigenvalue weighted by molar-refractivity contribution is 6.43. The Bertz CT molecular complexity index is 613. The molecule has 0 spiro atoms. The maximum absolute atomic E-state index is 12.6. The lowest BCUT2D eigenvalue weighted by Crippen LogP contribution is -2.54. The van der Waals surface area contributed by atoms with Crippen molar-refractivity contribution in [3.8, 4) is 0 Å². The van der Waals surface area contributed by atoms with E-state index in [-0.39, 0.29) is 35.3 Å². The van der Waals surface area contributed by atoms with Gasteiger partial charge in [-0.1, -0.05) is 29.3 Å². The molecule has 2 fully saturated rings. The summed E-state index contributed by atoms with van der Waals surface area (Å²) in [5.74, 6) is 0.0129. The highest BCUT2D eigenvalue weighted by Gasteiger charge is 2.31. The summed E-state index contributed by atoms with van der Waals surface area (Å²) in [6, 6.07) is 5.00. The lowest BCUT2D eigenvalue weighted by atomic mass is 10.1. The molecule has 2 heterocycles. The molecule has 3 rings (SSSR count). The SMILES string of the molecule is Cl.O=C(c1cccc(Cl)c1Cl)N1CCN(C(=O)C2CCCN2)CC1. The first-order chi connectivity index (χ1) is 11.1. The Balaban J connectivity index is 0.00000208. The smallest absolute Gasteiger partial charge is 0.255 e. The van der Waals surface area contributed by atoms with Crippen molar-refractivity contribution in [2.45, 2.75) is 18.9 Å². The van der Waals surface area contributed by atoms with Gasteiger partial charge in [0.1, 0.15) is 0 Å². The highest BCUT2D eigenvalue weighted by atomic mass is 35.5. The quantitative estimate of drug-likeness (QED) is 0.841. The number of halogens is 3. The number of hydrogen-bond donors (Lipinski definition) is 1. The number of rotatable bonds is 2. The predicted molar refractivity (Wildman–Crippen MR) is 97.2 cm³/mol. The van der Waals surface area contributed by atoms with Crippen LogP contribution in [0.1, 0.15) is 23.2 Å². The van der Waals surface area contributed by atoms with Crippen LogP contribution >= 0.6 is 35.6 Å². The van der Waals surface area contributed by atoms with Crippen LogP contribution in [-0.4, -0.2) is 60.4 Å². The predicted octanol–water partition coefficient (Wildman–Crippen LogP) is 2.45. The van der Waals surface area contributed by atoms with E-state index in [2.05, 4.69) is 5.32 Å². The second kappa shape index (κ2) is 8.39. The summed E-state index contributed by atoms with van der Waals surface area (Å²) in [5, 5.41) is 3.88. The maximum atomic E-state index is 12.6. The van der Waals surface area contributed by atoms with Gasteiger partial charge < -0.3 is 15.1 Å². The van der Waals surface area contributed by atoms with E-state index in [1.54, 1.807) is 23.1 Å². The number of nitrogens with one attached hydrogen (secondary N) is 1. The minimum absolute atomic E-state index is 0. The number of hydrogen-bond acceptors (Lipinski definition) is 3. The average molecular weight is 393 g/mol. The van der Waals surface area contributed by atoms with Gasteiger partial charge in [0.2, 0.25) is 5.91 Å². The number of nitrogens with zero attached hydrogens (tertiary/aromatic N) is 2. The molecular formula is C16H20Cl3N3O2. The van der Waals surface area contributed by atoms with Crippen LogP contribution in [0.2, 0.25) is 10.0 Å². The Morgan fingerprint density at radius 1 is 1.08 bits per heavy atom. The number of carbonyl (C=O) groups excluding carboxylic acids is 2. The molecule has 1 unspecified atom stereocenters. The molecule has 0 aromatic heterocycles. The summed E-state index contributed by atoms with van der Waals surface area (Å²) in [5.41, 5.74) is 0.413. The van der Waals surface area contributed by atoms with E-state index in [9.17, 15) is 9.59 Å². The number of amides is 2. The van der Waals surface area contributed by atoms with E-state index in [1.807, 2.05) is 4.90 Å². The van der Waals surface area contributed by atoms with Crippen LogP contribution in [-0.2, 0) is 4.79 Å². The normalized spacial score (nSPS) is 20.7. The van der Waals surface area contributed by atoms with Crippen LogP contribution in [0.5, 0.6) is 0 Å². The van der Waals surface area contributed by atoms with Gasteiger partial charge >= 0.3 is 0 Å². The number of carbonyl (C=O) groups is 2. The summed E-state index contributed by atoms with van der Waals surface area (Å²) in [6.07, 6.45) is 1.94. The van der Waals surface area contributed by atoms with Gasteiger partial charge in [0.15, 0.2) is 0 Å². The molecule has 2 aliphatic heterocycles. The molecule has 2 saturated heterocycles. The van der Waals surface area contributed by atoms with Crippen molar-refractivity contribution >= 4 is 47.4 Å². The topological polar surface area (TPSA) is 52.7 Å². The zero-order chi connectivity index (χ0) is 16.4. The van der Waals surface area contributed by atoms with Crippen LogP contribution in [0.3, 0.4) is 0 Å². The fraction of sp³-hybridized carbons (Fsp3) is 0.500. The van der Waals surface area contributed by atoms with Crippen molar-refractivity contribution in [2.24, 2.45) is 0 Å². The summed E-state index contributed by atoms with van der Waals surface area (Å²) < 4.78 is 0. The lowest BCUT2D eigenvalue weighted by molar-refractivity contribution is -0.134. The van der Waals surface area contributed by atoms with E-state index in [0.717, 1.165) is 19.4 Å². The molecule has 0 radical (unpaired) electrons. The zero-order valence-electron chi connectivity index (χ0n) is 13.1. The molecule has 24 heavy (non-hydrogen) atoms. The lowest BCUT2D eigenvalue weighted by Gasteiger charge is -2.36. The summed E-state index contributed by atoms with van der Waals surface area (Å²) in [7, 11) is 0. The van der Waals surface area contributed by atoms with Crippen molar-refractivity contribution < 1.29 is 9.59 Å². The standard InChI is InChI=1S/C16H19Cl2N3O2.ClH/c17-12-4-1-3-11(14(12)18)15(22)20-7-9-21(10-8-20)16(23)13-5-2-6-19-13;/h1,3-4,13,19H,2,5-10H2;1H. The van der Waals surface area contributed by atoms with E-state index < -0.39 is 0 Å². The third-order valence-corrected chi connectivity index (χ3v) is 5.24. The number of benzene rings is 1. The largest absolute Gasteiger partial charge is 0.338 e. The second-order valence-corrected chi connectivity index (χ2v) is 6.65. The molecule has 1 aromatic rings. The van der Waals surface area contributed by atoms with Crippen molar-refractivity contribution in [3.63, 3.8) is 0 Å². The molecule has 132 valence electrons. The van der Waals surface area contributed by atoms with Gasteiger partial charge in [0.05, 0.1) is 21.7 Å². The molecule has 1 N–H and O–H groups in total. The molecule has 1 aromatic carbocycles. The Hall–Kier alpha value is -1.01. The minimum atomic E-state index is -0.136. The van der Waals surface area contributed by atoms with Crippen LogP contribution in [0.4, 0.5) is 0 Å². The maximum Gasteiger partial charge on any atom is 0.255 e. The van der Waals surface area contributed by atoms with Gasteiger partial charge in [-0.25, -0.2) is 0 Å². The molecule has 0 bridgehead atoms. The van der Waals surface area contributed by atoms with Gasteiger partial charge in [-0.3, -0.25) is 9.59 Å². The van der Waals surface area contributed by atoms with Crippen molar-refractivity contribution in [3.05, 3.63) is 33.8 Å². The van der Waals surface area contributed by atoms with Crippen LogP contribution in [0.25, 0.3) is 0 Å². The van der Waals surface area contributed by atoms with E-state index in [4.69, 9.17) is 23.2 Å². The highest BCUT2D eigenvalue weighted by Crippen LogP contribution is 2.26. The Kier molecular flexibility index (Phi) is 6.75. The molecule has 2 aliphatic rings. The Morgan fingerprint density at radius 2 is 1.75 bits per heavy atom. The Morgan fingerprint density at radius 3 is 2.38 bits per heavy atom. The number of piperazine rings is 1. The average Bonchev–Trinajstić information content (AvgIpc) is 3.11. The monoisotopic (exact) mass is 391 g/mol. The van der Waals surface area contributed by atoms with E-state index in [0.29, 0.717) is 36.8 Å².